The van der Waals surface area contributed by atoms with Gasteiger partial charge in [0.25, 0.3) is 0 Å². The summed E-state index contributed by atoms with van der Waals surface area (Å²) in [6, 6.07) is 11.6. The molecule has 0 N–H and O–H groups in total. The van der Waals surface area contributed by atoms with Crippen LogP contribution < -0.4 is 0 Å². The molecule has 0 saturated carbocycles. The number of rotatable bonds is 3. The van der Waals surface area contributed by atoms with Gasteiger partial charge in [-0.15, -0.1) is 11.6 Å². The summed E-state index contributed by atoms with van der Waals surface area (Å²) in [5.41, 5.74) is 1.39. The van der Waals surface area contributed by atoms with E-state index < -0.39 is 0 Å². The van der Waals surface area contributed by atoms with Gasteiger partial charge in [0.2, 0.25) is 0 Å². The van der Waals surface area contributed by atoms with Gasteiger partial charge >= 0.3 is 5.97 Å². The molecule has 0 fully saturated rings. The Hall–Kier alpha value is -1.54. The third-order valence-corrected chi connectivity index (χ3v) is 2.93. The van der Waals surface area contributed by atoms with Crippen molar-refractivity contribution in [2.24, 2.45) is 0 Å². The zero-order valence-electron chi connectivity index (χ0n) is 9.57. The minimum atomic E-state index is -0.306. The van der Waals surface area contributed by atoms with Gasteiger partial charge in [0.1, 0.15) is 0 Å². The average molecular weight is 249 g/mol. The topological polar surface area (TPSA) is 26.3 Å². The maximum Gasteiger partial charge on any atom is 0.339 e. The Balaban J connectivity index is 2.67. The molecule has 0 saturated heterocycles. The lowest BCUT2D eigenvalue weighted by molar-refractivity contribution is 0.0528. The monoisotopic (exact) mass is 248 g/mol. The molecule has 3 heteroatoms. The Bertz CT molecular complexity index is 549. The van der Waals surface area contributed by atoms with E-state index in [-0.39, 0.29) is 5.97 Å². The number of esters is 1. The van der Waals surface area contributed by atoms with Crippen molar-refractivity contribution in [3.8, 4) is 0 Å². The first-order chi connectivity index (χ1) is 8.27. The molecule has 0 aliphatic carbocycles. The fourth-order valence-corrected chi connectivity index (χ4v) is 2.10. The first-order valence-electron chi connectivity index (χ1n) is 5.51. The number of hydrogen-bond donors (Lipinski definition) is 0. The van der Waals surface area contributed by atoms with E-state index in [9.17, 15) is 4.79 Å². The second kappa shape index (κ2) is 5.19. The molecule has 2 aromatic carbocycles. The molecule has 2 aromatic rings. The summed E-state index contributed by atoms with van der Waals surface area (Å²) in [4.78, 5) is 12.0. The highest BCUT2D eigenvalue weighted by atomic mass is 35.5. The second-order valence-electron chi connectivity index (χ2n) is 3.67. The van der Waals surface area contributed by atoms with E-state index in [1.807, 2.05) is 36.4 Å². The fourth-order valence-electron chi connectivity index (χ4n) is 1.87. The molecule has 2 nitrogen and oxygen atoms in total. The molecule has 0 aliphatic rings. The molecule has 0 aromatic heterocycles. The molecule has 0 radical (unpaired) electrons. The molecule has 0 amide bonds. The van der Waals surface area contributed by atoms with Crippen molar-refractivity contribution in [3.05, 3.63) is 47.5 Å². The van der Waals surface area contributed by atoms with Gasteiger partial charge in [-0.3, -0.25) is 0 Å². The van der Waals surface area contributed by atoms with E-state index in [4.69, 9.17) is 16.3 Å². The lowest BCUT2D eigenvalue weighted by Crippen LogP contribution is -2.08. The predicted molar refractivity (Wildman–Crippen MR) is 69.5 cm³/mol. The fraction of sp³-hybridized carbons (Fsp3) is 0.214. The normalized spacial score (nSPS) is 10.5. The van der Waals surface area contributed by atoms with Crippen molar-refractivity contribution < 1.29 is 9.53 Å². The summed E-state index contributed by atoms with van der Waals surface area (Å²) in [7, 11) is 0. The van der Waals surface area contributed by atoms with E-state index in [1.54, 1.807) is 6.92 Å². The molecule has 88 valence electrons. The smallest absolute Gasteiger partial charge is 0.339 e. The molecule has 17 heavy (non-hydrogen) atoms. The van der Waals surface area contributed by atoms with Gasteiger partial charge in [-0.25, -0.2) is 4.79 Å². The van der Waals surface area contributed by atoms with Crippen LogP contribution in [0.3, 0.4) is 0 Å². The minimum Gasteiger partial charge on any atom is -0.462 e. The lowest BCUT2D eigenvalue weighted by atomic mass is 10.00. The maximum absolute atomic E-state index is 12.0. The van der Waals surface area contributed by atoms with Crippen LogP contribution in [0.25, 0.3) is 10.8 Å². The molecular formula is C14H13ClO2. The van der Waals surface area contributed by atoms with Gasteiger partial charge in [0.15, 0.2) is 0 Å². The number of ether oxygens (including phenoxy) is 1. The first-order valence-corrected chi connectivity index (χ1v) is 6.05. The molecule has 0 bridgehead atoms. The molecule has 0 aliphatic heterocycles. The minimum absolute atomic E-state index is 0.305. The Morgan fingerprint density at radius 3 is 2.71 bits per heavy atom. The van der Waals surface area contributed by atoms with Crippen LogP contribution >= 0.6 is 11.6 Å². The Labute approximate surface area is 105 Å². The third-order valence-electron chi connectivity index (χ3n) is 2.64. The second-order valence-corrected chi connectivity index (χ2v) is 3.94. The van der Waals surface area contributed by atoms with Crippen LogP contribution in [0.4, 0.5) is 0 Å². The standard InChI is InChI=1S/C14H13ClO2/c1-2-17-14(16)13-11(9-15)8-7-10-5-3-4-6-12(10)13/h3-8H,2,9H2,1H3. The molecular weight excluding hydrogens is 236 g/mol. The highest BCUT2D eigenvalue weighted by molar-refractivity contribution is 6.18. The van der Waals surface area contributed by atoms with Crippen molar-refractivity contribution in [1.82, 2.24) is 0 Å². The van der Waals surface area contributed by atoms with Crippen LogP contribution in [-0.4, -0.2) is 12.6 Å². The highest BCUT2D eigenvalue weighted by Gasteiger charge is 2.15. The van der Waals surface area contributed by atoms with Crippen molar-refractivity contribution in [2.75, 3.05) is 6.61 Å². The van der Waals surface area contributed by atoms with E-state index in [2.05, 4.69) is 0 Å². The molecule has 2 rings (SSSR count). The van der Waals surface area contributed by atoms with Crippen LogP contribution in [-0.2, 0) is 10.6 Å². The summed E-state index contributed by atoms with van der Waals surface area (Å²) >= 11 is 5.87. The van der Waals surface area contributed by atoms with Gasteiger partial charge in [-0.05, 0) is 23.3 Å². The lowest BCUT2D eigenvalue weighted by Gasteiger charge is -2.10. The van der Waals surface area contributed by atoms with Gasteiger partial charge in [0, 0.05) is 5.88 Å². The van der Waals surface area contributed by atoms with Crippen molar-refractivity contribution >= 4 is 28.3 Å². The van der Waals surface area contributed by atoms with Crippen LogP contribution in [0.1, 0.15) is 22.8 Å². The van der Waals surface area contributed by atoms with E-state index >= 15 is 0 Å². The van der Waals surface area contributed by atoms with E-state index in [0.29, 0.717) is 18.1 Å². The number of carbonyl (C=O) groups excluding carboxylic acids is 1. The Morgan fingerprint density at radius 2 is 2.00 bits per heavy atom. The molecule has 0 heterocycles. The van der Waals surface area contributed by atoms with Gasteiger partial charge in [-0.1, -0.05) is 36.4 Å². The van der Waals surface area contributed by atoms with Gasteiger partial charge in [-0.2, -0.15) is 0 Å². The maximum atomic E-state index is 12.0. The Kier molecular flexibility index (Phi) is 3.64. The van der Waals surface area contributed by atoms with Crippen molar-refractivity contribution in [1.29, 1.82) is 0 Å². The first kappa shape index (κ1) is 11.9. The predicted octanol–water partition coefficient (Wildman–Crippen LogP) is 3.76. The number of carbonyl (C=O) groups is 1. The quantitative estimate of drug-likeness (QED) is 0.611. The van der Waals surface area contributed by atoms with Crippen LogP contribution in [0.2, 0.25) is 0 Å². The van der Waals surface area contributed by atoms with Gasteiger partial charge in [0.05, 0.1) is 12.2 Å². The van der Waals surface area contributed by atoms with Crippen LogP contribution in [0.5, 0.6) is 0 Å². The largest absolute Gasteiger partial charge is 0.462 e. The number of alkyl halides is 1. The Morgan fingerprint density at radius 1 is 1.24 bits per heavy atom. The SMILES string of the molecule is CCOC(=O)c1c(CCl)ccc2ccccc12. The summed E-state index contributed by atoms with van der Waals surface area (Å²) in [5.74, 6) is -0.00106. The molecule has 0 atom stereocenters. The number of hydrogen-bond acceptors (Lipinski definition) is 2. The molecule has 0 spiro atoms. The zero-order chi connectivity index (χ0) is 12.3. The summed E-state index contributed by atoms with van der Waals surface area (Å²) < 4.78 is 5.08. The zero-order valence-corrected chi connectivity index (χ0v) is 10.3. The highest BCUT2D eigenvalue weighted by Crippen LogP contribution is 2.24. The third kappa shape index (κ3) is 2.27. The van der Waals surface area contributed by atoms with Crippen LogP contribution in [0.15, 0.2) is 36.4 Å². The summed E-state index contributed by atoms with van der Waals surface area (Å²) in [5, 5.41) is 1.91. The summed E-state index contributed by atoms with van der Waals surface area (Å²) in [6.07, 6.45) is 0. The van der Waals surface area contributed by atoms with Crippen molar-refractivity contribution in [2.45, 2.75) is 12.8 Å². The molecule has 0 unspecified atom stereocenters. The van der Waals surface area contributed by atoms with E-state index in [0.717, 1.165) is 16.3 Å². The number of benzene rings is 2. The van der Waals surface area contributed by atoms with Gasteiger partial charge < -0.3 is 4.74 Å². The average Bonchev–Trinajstić information content (AvgIpc) is 2.37. The van der Waals surface area contributed by atoms with Crippen LogP contribution in [0, 0.1) is 0 Å². The van der Waals surface area contributed by atoms with Crippen molar-refractivity contribution in [3.63, 3.8) is 0 Å². The number of fused-ring (bicyclic) bond motifs is 1. The van der Waals surface area contributed by atoms with E-state index in [1.165, 1.54) is 0 Å². The summed E-state index contributed by atoms with van der Waals surface area (Å²) in [6.45, 7) is 2.16. The number of halogens is 1.